The van der Waals surface area contributed by atoms with E-state index in [2.05, 4.69) is 15.9 Å². The molecule has 0 aliphatic rings. The standard InChI is InChI=1S/C15H10BrF3O2/c1-9(20)13-7-6-12(8-14(13)15(17,18)19)21-11-4-2-10(16)3-5-11/h2-8H,1H3. The number of carbonyl (C=O) groups excluding carboxylic acids is 1. The SMILES string of the molecule is CC(=O)c1ccc(Oc2ccc(Br)cc2)cc1C(F)(F)F. The van der Waals surface area contributed by atoms with E-state index in [1.165, 1.54) is 6.07 Å². The highest BCUT2D eigenvalue weighted by Gasteiger charge is 2.35. The Morgan fingerprint density at radius 1 is 1.05 bits per heavy atom. The monoisotopic (exact) mass is 358 g/mol. The fourth-order valence-electron chi connectivity index (χ4n) is 1.77. The molecule has 2 aromatic carbocycles. The minimum absolute atomic E-state index is 0.0228. The molecule has 0 aliphatic carbocycles. The van der Waals surface area contributed by atoms with Gasteiger partial charge in [0.2, 0.25) is 0 Å². The molecule has 0 amide bonds. The third kappa shape index (κ3) is 3.85. The molecule has 0 fully saturated rings. The first-order chi connectivity index (χ1) is 9.77. The number of hydrogen-bond acceptors (Lipinski definition) is 2. The number of halogens is 4. The Bertz CT molecular complexity index is 664. The molecule has 21 heavy (non-hydrogen) atoms. The number of ketones is 1. The molecule has 0 radical (unpaired) electrons. The van der Waals surface area contributed by atoms with Crippen LogP contribution in [-0.4, -0.2) is 5.78 Å². The normalized spacial score (nSPS) is 11.3. The number of Topliss-reactive ketones (excluding diaryl/α,β-unsaturated/α-hetero) is 1. The maximum absolute atomic E-state index is 13.0. The minimum Gasteiger partial charge on any atom is -0.457 e. The van der Waals surface area contributed by atoms with E-state index in [1.54, 1.807) is 24.3 Å². The molecule has 0 N–H and O–H groups in total. The fraction of sp³-hybridized carbons (Fsp3) is 0.133. The summed E-state index contributed by atoms with van der Waals surface area (Å²) in [6.07, 6.45) is -4.61. The van der Waals surface area contributed by atoms with Crippen LogP contribution in [0, 0.1) is 0 Å². The molecule has 0 saturated carbocycles. The van der Waals surface area contributed by atoms with Gasteiger partial charge in [0.15, 0.2) is 5.78 Å². The lowest BCUT2D eigenvalue weighted by Crippen LogP contribution is -2.11. The van der Waals surface area contributed by atoms with Crippen LogP contribution in [0.4, 0.5) is 13.2 Å². The summed E-state index contributed by atoms with van der Waals surface area (Å²) in [6, 6.07) is 9.96. The van der Waals surface area contributed by atoms with Gasteiger partial charge in [-0.2, -0.15) is 13.2 Å². The lowest BCUT2D eigenvalue weighted by molar-refractivity contribution is -0.138. The molecule has 0 aromatic heterocycles. The highest BCUT2D eigenvalue weighted by molar-refractivity contribution is 9.10. The number of benzene rings is 2. The molecule has 0 unspecified atom stereocenters. The van der Waals surface area contributed by atoms with E-state index in [0.717, 1.165) is 23.5 Å². The van der Waals surface area contributed by atoms with Crippen molar-refractivity contribution in [1.82, 2.24) is 0 Å². The van der Waals surface area contributed by atoms with Gasteiger partial charge in [0.05, 0.1) is 5.56 Å². The van der Waals surface area contributed by atoms with Crippen molar-refractivity contribution in [3.63, 3.8) is 0 Å². The van der Waals surface area contributed by atoms with Crippen LogP contribution in [0.25, 0.3) is 0 Å². The van der Waals surface area contributed by atoms with E-state index in [4.69, 9.17) is 4.74 Å². The molecule has 2 aromatic rings. The molecule has 0 atom stereocenters. The minimum atomic E-state index is -4.61. The van der Waals surface area contributed by atoms with Gasteiger partial charge in [-0.25, -0.2) is 0 Å². The fourth-order valence-corrected chi connectivity index (χ4v) is 2.03. The number of rotatable bonds is 3. The Hall–Kier alpha value is -1.82. The summed E-state index contributed by atoms with van der Waals surface area (Å²) in [6.45, 7) is 1.10. The van der Waals surface area contributed by atoms with E-state index in [1.807, 2.05) is 0 Å². The second-order valence-electron chi connectivity index (χ2n) is 4.32. The van der Waals surface area contributed by atoms with E-state index in [-0.39, 0.29) is 11.3 Å². The highest BCUT2D eigenvalue weighted by Crippen LogP contribution is 2.35. The third-order valence-electron chi connectivity index (χ3n) is 2.73. The van der Waals surface area contributed by atoms with Crippen LogP contribution >= 0.6 is 15.9 Å². The zero-order valence-electron chi connectivity index (χ0n) is 10.9. The Morgan fingerprint density at radius 3 is 2.14 bits per heavy atom. The average Bonchev–Trinajstić information content (AvgIpc) is 2.40. The van der Waals surface area contributed by atoms with Gasteiger partial charge in [-0.1, -0.05) is 15.9 Å². The van der Waals surface area contributed by atoms with E-state index in [0.29, 0.717) is 5.75 Å². The average molecular weight is 359 g/mol. The van der Waals surface area contributed by atoms with Gasteiger partial charge >= 0.3 is 6.18 Å². The van der Waals surface area contributed by atoms with Gasteiger partial charge in [-0.15, -0.1) is 0 Å². The number of ether oxygens (including phenoxy) is 1. The summed E-state index contributed by atoms with van der Waals surface area (Å²) in [5.41, 5.74) is -1.37. The lowest BCUT2D eigenvalue weighted by atomic mass is 10.0. The van der Waals surface area contributed by atoms with Crippen molar-refractivity contribution in [2.75, 3.05) is 0 Å². The van der Waals surface area contributed by atoms with Crippen LogP contribution in [0.3, 0.4) is 0 Å². The predicted octanol–water partition coefficient (Wildman–Crippen LogP) is 5.46. The summed E-state index contributed by atoms with van der Waals surface area (Å²) < 4.78 is 45.1. The summed E-state index contributed by atoms with van der Waals surface area (Å²) in [7, 11) is 0. The maximum atomic E-state index is 13.0. The van der Waals surface area contributed by atoms with Crippen LogP contribution in [-0.2, 0) is 6.18 Å². The van der Waals surface area contributed by atoms with Gasteiger partial charge in [0, 0.05) is 10.0 Å². The van der Waals surface area contributed by atoms with Gasteiger partial charge in [-0.05, 0) is 49.4 Å². The third-order valence-corrected chi connectivity index (χ3v) is 3.25. The van der Waals surface area contributed by atoms with Gasteiger partial charge in [0.1, 0.15) is 11.5 Å². The van der Waals surface area contributed by atoms with Gasteiger partial charge in [0.25, 0.3) is 0 Å². The largest absolute Gasteiger partial charge is 0.457 e. The summed E-state index contributed by atoms with van der Waals surface area (Å²) in [5.74, 6) is -0.214. The summed E-state index contributed by atoms with van der Waals surface area (Å²) in [5, 5.41) is 0. The first-order valence-electron chi connectivity index (χ1n) is 5.93. The van der Waals surface area contributed by atoms with Crippen molar-refractivity contribution in [3.8, 4) is 11.5 Å². The lowest BCUT2D eigenvalue weighted by Gasteiger charge is -2.13. The molecular weight excluding hydrogens is 349 g/mol. The van der Waals surface area contributed by atoms with Crippen molar-refractivity contribution in [3.05, 3.63) is 58.1 Å². The summed E-state index contributed by atoms with van der Waals surface area (Å²) in [4.78, 5) is 11.3. The van der Waals surface area contributed by atoms with Crippen molar-refractivity contribution in [2.24, 2.45) is 0 Å². The quantitative estimate of drug-likeness (QED) is 0.680. The molecule has 0 heterocycles. The predicted molar refractivity (Wildman–Crippen MR) is 75.7 cm³/mol. The molecular formula is C15H10BrF3O2. The zero-order valence-corrected chi connectivity index (χ0v) is 12.5. The van der Waals surface area contributed by atoms with Crippen molar-refractivity contribution < 1.29 is 22.7 Å². The van der Waals surface area contributed by atoms with Crippen molar-refractivity contribution in [2.45, 2.75) is 13.1 Å². The van der Waals surface area contributed by atoms with Crippen LogP contribution in [0.5, 0.6) is 11.5 Å². The maximum Gasteiger partial charge on any atom is 0.417 e. The molecule has 0 saturated heterocycles. The molecule has 110 valence electrons. The van der Waals surface area contributed by atoms with E-state index in [9.17, 15) is 18.0 Å². The molecule has 2 nitrogen and oxygen atoms in total. The van der Waals surface area contributed by atoms with E-state index < -0.39 is 17.5 Å². The van der Waals surface area contributed by atoms with Crippen LogP contribution in [0.1, 0.15) is 22.8 Å². The number of carbonyl (C=O) groups is 1. The topological polar surface area (TPSA) is 26.3 Å². The van der Waals surface area contributed by atoms with Crippen LogP contribution in [0.2, 0.25) is 0 Å². The number of hydrogen-bond donors (Lipinski definition) is 0. The first-order valence-corrected chi connectivity index (χ1v) is 6.72. The molecule has 0 aliphatic heterocycles. The van der Waals surface area contributed by atoms with E-state index >= 15 is 0 Å². The zero-order chi connectivity index (χ0) is 15.6. The first kappa shape index (κ1) is 15.6. The Kier molecular flexibility index (Phi) is 4.37. The molecule has 0 spiro atoms. The van der Waals surface area contributed by atoms with Crippen molar-refractivity contribution in [1.29, 1.82) is 0 Å². The van der Waals surface area contributed by atoms with Gasteiger partial charge < -0.3 is 4.74 Å². The highest BCUT2D eigenvalue weighted by atomic mass is 79.9. The second kappa shape index (κ2) is 5.89. The Balaban J connectivity index is 2.38. The number of alkyl halides is 3. The second-order valence-corrected chi connectivity index (χ2v) is 5.23. The smallest absolute Gasteiger partial charge is 0.417 e. The van der Waals surface area contributed by atoms with Crippen LogP contribution < -0.4 is 4.74 Å². The van der Waals surface area contributed by atoms with Crippen molar-refractivity contribution >= 4 is 21.7 Å². The summed E-state index contributed by atoms with van der Waals surface area (Å²) >= 11 is 3.25. The Labute approximate surface area is 127 Å². The van der Waals surface area contributed by atoms with Gasteiger partial charge in [-0.3, -0.25) is 4.79 Å². The molecule has 6 heteroatoms. The van der Waals surface area contributed by atoms with Crippen LogP contribution in [0.15, 0.2) is 46.9 Å². The molecule has 0 bridgehead atoms. The Morgan fingerprint density at radius 2 is 1.62 bits per heavy atom. The molecule has 2 rings (SSSR count).